The Balaban J connectivity index is 2.21. The summed E-state index contributed by atoms with van der Waals surface area (Å²) < 4.78 is 5.47. The number of allylic oxidation sites excluding steroid dienone is 2. The molecule has 0 saturated carbocycles. The maximum Gasteiger partial charge on any atom is 0.336 e. The molecule has 2 N–H and O–H groups in total. The van der Waals surface area contributed by atoms with Gasteiger partial charge in [-0.1, -0.05) is 79.4 Å². The number of hydrogen-bond acceptors (Lipinski definition) is 5. The van der Waals surface area contributed by atoms with E-state index in [-0.39, 0.29) is 12.6 Å². The first-order valence-electron chi connectivity index (χ1n) is 10.4. The van der Waals surface area contributed by atoms with Crippen molar-refractivity contribution in [1.82, 2.24) is 4.90 Å². The average Bonchev–Trinajstić information content (AvgIpc) is 3.08. The summed E-state index contributed by atoms with van der Waals surface area (Å²) in [7, 11) is 0. The molecule has 1 aliphatic rings. The van der Waals surface area contributed by atoms with Crippen molar-refractivity contribution in [2.45, 2.75) is 32.0 Å². The van der Waals surface area contributed by atoms with E-state index in [4.69, 9.17) is 15.5 Å². The molecule has 0 aromatic heterocycles. The highest BCUT2D eigenvalue weighted by Gasteiger charge is 2.52. The van der Waals surface area contributed by atoms with Gasteiger partial charge in [-0.2, -0.15) is 0 Å². The minimum atomic E-state index is -1.15. The molecule has 1 heterocycles. The molecular weight excluding hydrogens is 386 g/mol. The topological polar surface area (TPSA) is 67.9 Å². The summed E-state index contributed by atoms with van der Waals surface area (Å²) in [6, 6.07) is 19.6. The van der Waals surface area contributed by atoms with E-state index >= 15 is 0 Å². The third-order valence-electron chi connectivity index (χ3n) is 5.29. The van der Waals surface area contributed by atoms with E-state index in [9.17, 15) is 4.79 Å². The maximum absolute atomic E-state index is 13.2. The van der Waals surface area contributed by atoms with Gasteiger partial charge < -0.3 is 15.4 Å². The van der Waals surface area contributed by atoms with Crippen molar-refractivity contribution in [3.8, 4) is 0 Å². The summed E-state index contributed by atoms with van der Waals surface area (Å²) in [5, 5.41) is 0. The standard InChI is InChI=1S/C26H29N3O2/c1-4-12-21(17-18-27)23-26(3,25(30)31-5-2)28-24(22-15-10-7-11-16-22)29(23)19-20-13-8-6-9-14-20/h4,6-18,23H,1,5,19,27H2,2-3H3/b18-17-,21-12+/t23-,26-/m0/s1. The molecule has 1 aliphatic heterocycles. The fraction of sp³-hybridized carbons (Fsp3) is 0.231. The van der Waals surface area contributed by atoms with E-state index in [1.807, 2.05) is 61.5 Å². The Morgan fingerprint density at radius 3 is 2.42 bits per heavy atom. The number of ether oxygens (including phenoxy) is 1. The number of carbonyl (C=O) groups is 1. The molecule has 3 rings (SSSR count). The van der Waals surface area contributed by atoms with Gasteiger partial charge in [-0.25, -0.2) is 9.79 Å². The van der Waals surface area contributed by atoms with Gasteiger partial charge in [0.05, 0.1) is 12.6 Å². The normalized spacial score (nSPS) is 21.2. The summed E-state index contributed by atoms with van der Waals surface area (Å²) in [4.78, 5) is 20.3. The largest absolute Gasteiger partial charge is 0.464 e. The Bertz CT molecular complexity index is 996. The van der Waals surface area contributed by atoms with Crippen molar-refractivity contribution in [3.05, 3.63) is 108 Å². The number of benzene rings is 2. The van der Waals surface area contributed by atoms with Crippen LogP contribution in [0.4, 0.5) is 0 Å². The van der Waals surface area contributed by atoms with Gasteiger partial charge in [0.25, 0.3) is 0 Å². The molecule has 31 heavy (non-hydrogen) atoms. The fourth-order valence-corrected chi connectivity index (χ4v) is 3.96. The third-order valence-corrected chi connectivity index (χ3v) is 5.29. The monoisotopic (exact) mass is 415 g/mol. The molecule has 0 fully saturated rings. The molecule has 2 aromatic rings. The van der Waals surface area contributed by atoms with Crippen molar-refractivity contribution in [2.75, 3.05) is 6.61 Å². The molecule has 5 nitrogen and oxygen atoms in total. The maximum atomic E-state index is 13.2. The summed E-state index contributed by atoms with van der Waals surface area (Å²) in [5.41, 5.74) is 7.50. The van der Waals surface area contributed by atoms with E-state index < -0.39 is 11.6 Å². The fourth-order valence-electron chi connectivity index (χ4n) is 3.96. The van der Waals surface area contributed by atoms with Crippen molar-refractivity contribution in [1.29, 1.82) is 0 Å². The lowest BCUT2D eigenvalue weighted by atomic mass is 9.86. The van der Waals surface area contributed by atoms with Gasteiger partial charge in [-0.3, -0.25) is 0 Å². The highest BCUT2D eigenvalue weighted by molar-refractivity contribution is 6.04. The number of carbonyl (C=O) groups excluding carboxylic acids is 1. The number of amidine groups is 1. The smallest absolute Gasteiger partial charge is 0.336 e. The van der Waals surface area contributed by atoms with Crippen LogP contribution in [0.2, 0.25) is 0 Å². The SMILES string of the molecule is C=C/C=C(\C=C/N)[C@@H]1N(Cc2ccccc2)C(c2ccccc2)=N[C@]1(C)C(=O)OCC. The zero-order valence-corrected chi connectivity index (χ0v) is 18.1. The number of hydrogen-bond donors (Lipinski definition) is 1. The van der Waals surface area contributed by atoms with Crippen LogP contribution in [0.15, 0.2) is 102 Å². The molecule has 0 unspecified atom stereocenters. The van der Waals surface area contributed by atoms with Gasteiger partial charge in [-0.15, -0.1) is 0 Å². The molecule has 0 saturated heterocycles. The van der Waals surface area contributed by atoms with Gasteiger partial charge in [0.1, 0.15) is 5.84 Å². The summed E-state index contributed by atoms with van der Waals surface area (Å²) >= 11 is 0. The first kappa shape index (κ1) is 22.1. The average molecular weight is 416 g/mol. The van der Waals surface area contributed by atoms with E-state index in [1.54, 1.807) is 19.1 Å². The first-order valence-corrected chi connectivity index (χ1v) is 10.4. The summed E-state index contributed by atoms with van der Waals surface area (Å²) in [5.74, 6) is 0.370. The number of nitrogens with zero attached hydrogens (tertiary/aromatic N) is 2. The molecule has 0 amide bonds. The zero-order chi connectivity index (χ0) is 22.3. The zero-order valence-electron chi connectivity index (χ0n) is 18.1. The highest BCUT2D eigenvalue weighted by Crippen LogP contribution is 2.38. The van der Waals surface area contributed by atoms with E-state index in [0.717, 1.165) is 22.5 Å². The van der Waals surface area contributed by atoms with Crippen LogP contribution >= 0.6 is 0 Å². The lowest BCUT2D eigenvalue weighted by molar-refractivity contribution is -0.149. The number of aliphatic imine (C=N–C) groups is 1. The molecule has 0 bridgehead atoms. The van der Waals surface area contributed by atoms with Crippen LogP contribution in [0.3, 0.4) is 0 Å². The summed E-state index contributed by atoms with van der Waals surface area (Å²) in [6.45, 7) is 8.32. The van der Waals surface area contributed by atoms with E-state index in [2.05, 4.69) is 23.6 Å². The summed E-state index contributed by atoms with van der Waals surface area (Å²) in [6.07, 6.45) is 6.84. The lowest BCUT2D eigenvalue weighted by Crippen LogP contribution is -2.51. The van der Waals surface area contributed by atoms with E-state index in [0.29, 0.717) is 6.54 Å². The minimum Gasteiger partial charge on any atom is -0.464 e. The van der Waals surface area contributed by atoms with Crippen molar-refractivity contribution >= 4 is 11.8 Å². The van der Waals surface area contributed by atoms with Crippen LogP contribution in [0.25, 0.3) is 0 Å². The first-order chi connectivity index (χ1) is 15.0. The predicted molar refractivity (Wildman–Crippen MR) is 125 cm³/mol. The van der Waals surface area contributed by atoms with E-state index in [1.165, 1.54) is 6.20 Å². The Kier molecular flexibility index (Phi) is 7.08. The number of nitrogens with two attached hydrogens (primary N) is 1. The Hall–Kier alpha value is -3.60. The number of rotatable bonds is 8. The van der Waals surface area contributed by atoms with Gasteiger partial charge in [0.15, 0.2) is 5.54 Å². The van der Waals surface area contributed by atoms with Crippen molar-refractivity contribution < 1.29 is 9.53 Å². The molecular formula is C26H29N3O2. The second kappa shape index (κ2) is 9.94. The molecule has 0 spiro atoms. The molecule has 5 heteroatoms. The molecule has 160 valence electrons. The Labute approximate surface area is 184 Å². The Morgan fingerprint density at radius 1 is 1.19 bits per heavy atom. The van der Waals surface area contributed by atoms with Gasteiger partial charge in [0, 0.05) is 12.1 Å². The lowest BCUT2D eigenvalue weighted by Gasteiger charge is -2.35. The van der Waals surface area contributed by atoms with Gasteiger partial charge in [-0.05, 0) is 37.3 Å². The van der Waals surface area contributed by atoms with Gasteiger partial charge in [0.2, 0.25) is 0 Å². The second-order valence-electron chi connectivity index (χ2n) is 7.45. The minimum absolute atomic E-state index is 0.281. The quantitative estimate of drug-likeness (QED) is 0.518. The molecule has 0 radical (unpaired) electrons. The molecule has 0 aliphatic carbocycles. The van der Waals surface area contributed by atoms with Crippen LogP contribution in [-0.4, -0.2) is 34.9 Å². The van der Waals surface area contributed by atoms with Crippen molar-refractivity contribution in [2.24, 2.45) is 10.7 Å². The predicted octanol–water partition coefficient (Wildman–Crippen LogP) is 4.22. The van der Waals surface area contributed by atoms with Crippen molar-refractivity contribution in [3.63, 3.8) is 0 Å². The molecule has 2 atom stereocenters. The van der Waals surface area contributed by atoms with Gasteiger partial charge >= 0.3 is 5.97 Å². The molecule has 2 aromatic carbocycles. The van der Waals surface area contributed by atoms with Crippen LogP contribution < -0.4 is 5.73 Å². The third kappa shape index (κ3) is 4.61. The van der Waals surface area contributed by atoms with Crippen LogP contribution in [0.1, 0.15) is 25.0 Å². The number of esters is 1. The van der Waals surface area contributed by atoms with Crippen LogP contribution in [0.5, 0.6) is 0 Å². The highest BCUT2D eigenvalue weighted by atomic mass is 16.5. The Morgan fingerprint density at radius 2 is 1.84 bits per heavy atom. The van der Waals surface area contributed by atoms with Crippen LogP contribution in [0, 0.1) is 0 Å². The second-order valence-corrected chi connectivity index (χ2v) is 7.45. The van der Waals surface area contributed by atoms with Crippen LogP contribution in [-0.2, 0) is 16.1 Å².